The smallest absolute Gasteiger partial charge is 0.252 e. The van der Waals surface area contributed by atoms with E-state index in [0.717, 1.165) is 11.1 Å². The van der Waals surface area contributed by atoms with E-state index in [1.54, 1.807) is 21.8 Å². The van der Waals surface area contributed by atoms with Gasteiger partial charge in [0.05, 0.1) is 6.04 Å². The van der Waals surface area contributed by atoms with Crippen molar-refractivity contribution in [3.63, 3.8) is 0 Å². The molecule has 4 rings (SSSR count). The maximum atomic E-state index is 12.7. The Morgan fingerprint density at radius 2 is 1.89 bits per heavy atom. The van der Waals surface area contributed by atoms with E-state index in [9.17, 15) is 8.42 Å². The summed E-state index contributed by atoms with van der Waals surface area (Å²) < 4.78 is 33.2. The van der Waals surface area contributed by atoms with Gasteiger partial charge < -0.3 is 4.42 Å². The highest BCUT2D eigenvalue weighted by molar-refractivity contribution is 7.91. The summed E-state index contributed by atoms with van der Waals surface area (Å²) in [5.74, 6) is 1.05. The van der Waals surface area contributed by atoms with Gasteiger partial charge in [-0.1, -0.05) is 23.8 Å². The Morgan fingerprint density at radius 1 is 1.11 bits per heavy atom. The molecular weight excluding hydrogens is 396 g/mol. The number of rotatable bonds is 5. The number of aromatic nitrogens is 2. The molecule has 2 aromatic heterocycles. The largest absolute Gasteiger partial charge is 0.419 e. The molecule has 3 aromatic rings. The van der Waals surface area contributed by atoms with Crippen molar-refractivity contribution < 1.29 is 12.8 Å². The quantitative estimate of drug-likeness (QED) is 0.633. The summed E-state index contributed by atoms with van der Waals surface area (Å²) in [6.45, 7) is 6.17. The van der Waals surface area contributed by atoms with Crippen LogP contribution >= 0.6 is 11.3 Å². The molecule has 1 saturated heterocycles. The molecule has 9 heteroatoms. The SMILES string of the molecule is Cc1cccc(-c2nnc([C@H](C)N3CCN(S(=O)(=O)c4cccs4)CC3)o2)c1. The number of nitrogens with zero attached hydrogens (tertiary/aromatic N) is 4. The summed E-state index contributed by atoms with van der Waals surface area (Å²) in [5.41, 5.74) is 2.03. The molecule has 1 aromatic carbocycles. The average molecular weight is 419 g/mol. The van der Waals surface area contributed by atoms with Gasteiger partial charge in [-0.2, -0.15) is 4.31 Å². The molecule has 0 unspecified atom stereocenters. The summed E-state index contributed by atoms with van der Waals surface area (Å²) in [7, 11) is -3.39. The first-order chi connectivity index (χ1) is 13.4. The van der Waals surface area contributed by atoms with Gasteiger partial charge >= 0.3 is 0 Å². The van der Waals surface area contributed by atoms with Gasteiger partial charge in [0.2, 0.25) is 11.8 Å². The Morgan fingerprint density at radius 3 is 2.57 bits per heavy atom. The number of hydrogen-bond donors (Lipinski definition) is 0. The lowest BCUT2D eigenvalue weighted by Gasteiger charge is -2.35. The third-order valence-corrected chi connectivity index (χ3v) is 8.24. The zero-order valence-electron chi connectivity index (χ0n) is 15.8. The average Bonchev–Trinajstić information content (AvgIpc) is 3.40. The molecule has 0 amide bonds. The van der Waals surface area contributed by atoms with Crippen molar-refractivity contribution >= 4 is 21.4 Å². The fraction of sp³-hybridized carbons (Fsp3) is 0.368. The van der Waals surface area contributed by atoms with Crippen LogP contribution in [0.15, 0.2) is 50.4 Å². The lowest BCUT2D eigenvalue weighted by Crippen LogP contribution is -2.49. The van der Waals surface area contributed by atoms with E-state index in [2.05, 4.69) is 15.1 Å². The Labute approximate surface area is 168 Å². The lowest BCUT2D eigenvalue weighted by atomic mass is 10.1. The van der Waals surface area contributed by atoms with E-state index in [4.69, 9.17) is 4.42 Å². The highest BCUT2D eigenvalue weighted by atomic mass is 32.2. The maximum absolute atomic E-state index is 12.7. The lowest BCUT2D eigenvalue weighted by molar-refractivity contribution is 0.129. The monoisotopic (exact) mass is 418 g/mol. The predicted octanol–water partition coefficient (Wildman–Crippen LogP) is 3.17. The van der Waals surface area contributed by atoms with Crippen LogP contribution in [-0.4, -0.2) is 54.0 Å². The molecule has 0 radical (unpaired) electrons. The summed E-state index contributed by atoms with van der Waals surface area (Å²) >= 11 is 1.25. The fourth-order valence-electron chi connectivity index (χ4n) is 3.32. The van der Waals surface area contributed by atoms with Crippen molar-refractivity contribution in [1.82, 2.24) is 19.4 Å². The van der Waals surface area contributed by atoms with Gasteiger partial charge in [-0.15, -0.1) is 21.5 Å². The van der Waals surface area contributed by atoms with E-state index in [-0.39, 0.29) is 6.04 Å². The van der Waals surface area contributed by atoms with Crippen LogP contribution in [-0.2, 0) is 10.0 Å². The number of benzene rings is 1. The van der Waals surface area contributed by atoms with E-state index in [1.165, 1.54) is 11.3 Å². The van der Waals surface area contributed by atoms with Gasteiger partial charge in [-0.3, -0.25) is 4.90 Å². The number of aryl methyl sites for hydroxylation is 1. The second kappa shape index (κ2) is 7.75. The van der Waals surface area contributed by atoms with Crippen molar-refractivity contribution in [1.29, 1.82) is 0 Å². The van der Waals surface area contributed by atoms with Crippen LogP contribution in [0.25, 0.3) is 11.5 Å². The van der Waals surface area contributed by atoms with Crippen molar-refractivity contribution in [2.24, 2.45) is 0 Å². The van der Waals surface area contributed by atoms with Crippen LogP contribution in [0.5, 0.6) is 0 Å². The van der Waals surface area contributed by atoms with E-state index in [1.807, 2.05) is 38.1 Å². The molecule has 0 saturated carbocycles. The van der Waals surface area contributed by atoms with Crippen molar-refractivity contribution in [3.05, 3.63) is 53.2 Å². The first-order valence-electron chi connectivity index (χ1n) is 9.13. The first kappa shape index (κ1) is 19.3. The second-order valence-electron chi connectivity index (χ2n) is 6.86. The highest BCUT2D eigenvalue weighted by Crippen LogP contribution is 2.27. The number of sulfonamides is 1. The molecule has 0 N–H and O–H groups in total. The van der Waals surface area contributed by atoms with E-state index < -0.39 is 10.0 Å². The predicted molar refractivity (Wildman–Crippen MR) is 108 cm³/mol. The number of hydrogen-bond acceptors (Lipinski definition) is 7. The minimum absolute atomic E-state index is 0.0716. The summed E-state index contributed by atoms with van der Waals surface area (Å²) in [6.07, 6.45) is 0. The fourth-order valence-corrected chi connectivity index (χ4v) is 5.89. The molecule has 28 heavy (non-hydrogen) atoms. The second-order valence-corrected chi connectivity index (χ2v) is 9.98. The molecule has 7 nitrogen and oxygen atoms in total. The Bertz CT molecular complexity index is 1040. The number of piperazine rings is 1. The molecular formula is C19H22N4O3S2. The molecule has 0 aliphatic carbocycles. The third-order valence-electron chi connectivity index (χ3n) is 4.97. The number of thiophene rings is 1. The van der Waals surface area contributed by atoms with E-state index in [0.29, 0.717) is 42.2 Å². The summed E-state index contributed by atoms with van der Waals surface area (Å²) in [6, 6.07) is 11.3. The maximum Gasteiger partial charge on any atom is 0.252 e. The zero-order chi connectivity index (χ0) is 19.7. The molecule has 1 aliphatic heterocycles. The summed E-state index contributed by atoms with van der Waals surface area (Å²) in [4.78, 5) is 2.17. The van der Waals surface area contributed by atoms with Gasteiger partial charge in [0.15, 0.2) is 0 Å². The van der Waals surface area contributed by atoms with Gasteiger partial charge in [0, 0.05) is 31.7 Å². The highest BCUT2D eigenvalue weighted by Gasteiger charge is 2.32. The van der Waals surface area contributed by atoms with Crippen LogP contribution < -0.4 is 0 Å². The van der Waals surface area contributed by atoms with Gasteiger partial charge in [-0.25, -0.2) is 8.42 Å². The van der Waals surface area contributed by atoms with Gasteiger partial charge in [-0.05, 0) is 37.4 Å². The molecule has 1 aliphatic rings. The third kappa shape index (κ3) is 3.75. The first-order valence-corrected chi connectivity index (χ1v) is 11.5. The minimum atomic E-state index is -3.39. The topological polar surface area (TPSA) is 79.5 Å². The Kier molecular flexibility index (Phi) is 5.33. The Balaban J connectivity index is 1.43. The molecule has 1 fully saturated rings. The van der Waals surface area contributed by atoms with Crippen LogP contribution in [0.2, 0.25) is 0 Å². The molecule has 0 bridgehead atoms. The van der Waals surface area contributed by atoms with Crippen molar-refractivity contribution in [3.8, 4) is 11.5 Å². The molecule has 0 spiro atoms. The molecule has 148 valence electrons. The normalized spacial score (nSPS) is 17.6. The zero-order valence-corrected chi connectivity index (χ0v) is 17.4. The van der Waals surface area contributed by atoms with Crippen LogP contribution in [0.4, 0.5) is 0 Å². The van der Waals surface area contributed by atoms with Crippen LogP contribution in [0.1, 0.15) is 24.4 Å². The summed E-state index contributed by atoms with van der Waals surface area (Å²) in [5, 5.41) is 10.2. The molecule has 1 atom stereocenters. The molecule has 3 heterocycles. The standard InChI is InChI=1S/C19H22N4O3S2/c1-14-5-3-6-16(13-14)19-21-20-18(26-19)15(2)22-8-10-23(11-9-22)28(24,25)17-7-4-12-27-17/h3-7,12-13,15H,8-11H2,1-2H3/t15-/m0/s1. The minimum Gasteiger partial charge on any atom is -0.419 e. The Hall–Kier alpha value is -2.07. The van der Waals surface area contributed by atoms with Crippen LogP contribution in [0.3, 0.4) is 0 Å². The van der Waals surface area contributed by atoms with Gasteiger partial charge in [0.1, 0.15) is 4.21 Å². The van der Waals surface area contributed by atoms with Crippen LogP contribution in [0, 0.1) is 6.92 Å². The van der Waals surface area contributed by atoms with E-state index >= 15 is 0 Å². The van der Waals surface area contributed by atoms with Crippen molar-refractivity contribution in [2.75, 3.05) is 26.2 Å². The van der Waals surface area contributed by atoms with Gasteiger partial charge in [0.25, 0.3) is 10.0 Å². The van der Waals surface area contributed by atoms with Crippen molar-refractivity contribution in [2.45, 2.75) is 24.1 Å².